The molecule has 0 aromatic carbocycles. The molecule has 0 aliphatic heterocycles. The summed E-state index contributed by atoms with van der Waals surface area (Å²) in [5.41, 5.74) is 0.902. The molecule has 3 aliphatic rings. The van der Waals surface area contributed by atoms with Gasteiger partial charge in [-0.15, -0.1) is 5.10 Å². The number of hydrogen-bond donors (Lipinski definition) is 1. The Morgan fingerprint density at radius 1 is 1.21 bits per heavy atom. The van der Waals surface area contributed by atoms with Gasteiger partial charge in [0.2, 0.25) is 5.95 Å². The molecule has 3 saturated carbocycles. The maximum absolute atomic E-state index is 4.55. The quantitative estimate of drug-likeness (QED) is 0.925. The molecule has 4 nitrogen and oxygen atoms in total. The first kappa shape index (κ1) is 10.7. The van der Waals surface area contributed by atoms with Gasteiger partial charge in [0, 0.05) is 16.7 Å². The molecule has 2 heterocycles. The van der Waals surface area contributed by atoms with Crippen LogP contribution in [-0.2, 0) is 0 Å². The summed E-state index contributed by atoms with van der Waals surface area (Å²) in [5, 5.41) is 8.09. The number of halogens is 1. The highest BCUT2D eigenvalue weighted by Crippen LogP contribution is 2.66. The first-order chi connectivity index (χ1) is 9.29. The minimum atomic E-state index is 0.645. The lowest BCUT2D eigenvalue weighted by molar-refractivity contribution is 0.456. The van der Waals surface area contributed by atoms with Crippen molar-refractivity contribution in [2.75, 3.05) is 5.32 Å². The van der Waals surface area contributed by atoms with E-state index in [4.69, 9.17) is 0 Å². The molecule has 0 saturated heterocycles. The molecular weight excluding hydrogens is 304 g/mol. The Hall–Kier alpha value is -1.10. The van der Waals surface area contributed by atoms with Crippen molar-refractivity contribution in [3.05, 3.63) is 22.8 Å². The van der Waals surface area contributed by atoms with E-state index in [1.165, 1.54) is 19.3 Å². The number of aromatic nitrogens is 3. The maximum Gasteiger partial charge on any atom is 0.243 e. The minimum Gasteiger partial charge on any atom is -0.350 e. The van der Waals surface area contributed by atoms with Crippen molar-refractivity contribution in [2.24, 2.45) is 23.7 Å². The fourth-order valence-corrected chi connectivity index (χ4v) is 4.91. The second-order valence-corrected chi connectivity index (χ2v) is 7.16. The monoisotopic (exact) mass is 318 g/mol. The van der Waals surface area contributed by atoms with Gasteiger partial charge < -0.3 is 5.32 Å². The van der Waals surface area contributed by atoms with Gasteiger partial charge in [-0.05, 0) is 71.0 Å². The van der Waals surface area contributed by atoms with Gasteiger partial charge in [0.25, 0.3) is 0 Å². The fourth-order valence-electron chi connectivity index (χ4n) is 4.59. The van der Waals surface area contributed by atoms with E-state index in [1.54, 1.807) is 0 Å². The molecule has 3 fully saturated rings. The number of anilines is 1. The van der Waals surface area contributed by atoms with E-state index >= 15 is 0 Å². The summed E-state index contributed by atoms with van der Waals surface area (Å²) in [6.45, 7) is 0. The predicted molar refractivity (Wildman–Crippen MR) is 75.9 cm³/mol. The molecule has 2 aromatic heterocycles. The molecule has 4 atom stereocenters. The zero-order valence-electron chi connectivity index (χ0n) is 10.5. The number of rotatable bonds is 2. The van der Waals surface area contributed by atoms with Gasteiger partial charge in [-0.1, -0.05) is 0 Å². The third kappa shape index (κ3) is 1.45. The van der Waals surface area contributed by atoms with E-state index in [2.05, 4.69) is 31.3 Å². The van der Waals surface area contributed by atoms with Gasteiger partial charge in [0.05, 0.1) is 0 Å². The van der Waals surface area contributed by atoms with Crippen LogP contribution < -0.4 is 5.32 Å². The Morgan fingerprint density at radius 3 is 2.79 bits per heavy atom. The summed E-state index contributed by atoms with van der Waals surface area (Å²) >= 11 is 3.46. The topological polar surface area (TPSA) is 42.2 Å². The summed E-state index contributed by atoms with van der Waals surface area (Å²) in [6, 6.07) is 4.63. The van der Waals surface area contributed by atoms with E-state index in [9.17, 15) is 0 Å². The molecule has 19 heavy (non-hydrogen) atoms. The smallest absolute Gasteiger partial charge is 0.243 e. The zero-order chi connectivity index (χ0) is 12.6. The van der Waals surface area contributed by atoms with Crippen molar-refractivity contribution in [3.63, 3.8) is 0 Å². The van der Waals surface area contributed by atoms with E-state index in [-0.39, 0.29) is 0 Å². The minimum absolute atomic E-state index is 0.645. The number of nitrogens with one attached hydrogen (secondary N) is 1. The van der Waals surface area contributed by atoms with Gasteiger partial charge in [-0.2, -0.15) is 4.98 Å². The van der Waals surface area contributed by atoms with E-state index in [0.29, 0.717) is 6.04 Å². The van der Waals surface area contributed by atoms with Crippen molar-refractivity contribution < 1.29 is 0 Å². The van der Waals surface area contributed by atoms with Crippen molar-refractivity contribution in [2.45, 2.75) is 25.3 Å². The largest absolute Gasteiger partial charge is 0.350 e. The SMILES string of the molecule is Brc1ccc2nc(NC3C4C5CCC(C5)C34)nn2c1. The van der Waals surface area contributed by atoms with Crippen LogP contribution in [0.3, 0.4) is 0 Å². The highest BCUT2D eigenvalue weighted by atomic mass is 79.9. The fraction of sp³-hybridized carbons (Fsp3) is 0.571. The predicted octanol–water partition coefficient (Wildman–Crippen LogP) is 2.95. The van der Waals surface area contributed by atoms with Gasteiger partial charge >= 0.3 is 0 Å². The standard InChI is InChI=1S/C14H15BrN4/c15-9-3-4-10-16-14(18-19(10)6-9)17-13-11-7-1-2-8(5-7)12(11)13/h3-4,6-8,11-13H,1-2,5H2,(H,17,18). The summed E-state index contributed by atoms with van der Waals surface area (Å²) in [7, 11) is 0. The van der Waals surface area contributed by atoms with Crippen LogP contribution in [-0.4, -0.2) is 20.6 Å². The lowest BCUT2D eigenvalue weighted by atomic mass is 10.0. The van der Waals surface area contributed by atoms with Gasteiger partial charge in [0.15, 0.2) is 5.65 Å². The molecule has 2 aromatic rings. The average Bonchev–Trinajstić information content (AvgIpc) is 2.79. The van der Waals surface area contributed by atoms with Crippen LogP contribution in [0.5, 0.6) is 0 Å². The lowest BCUT2D eigenvalue weighted by Crippen LogP contribution is -2.13. The Kier molecular flexibility index (Phi) is 1.97. The number of hydrogen-bond acceptors (Lipinski definition) is 3. The molecule has 98 valence electrons. The van der Waals surface area contributed by atoms with Gasteiger partial charge in [-0.3, -0.25) is 0 Å². The normalized spacial score (nSPS) is 38.7. The van der Waals surface area contributed by atoms with Crippen LogP contribution in [0.25, 0.3) is 5.65 Å². The lowest BCUT2D eigenvalue weighted by Gasteiger charge is -2.08. The first-order valence-electron chi connectivity index (χ1n) is 7.08. The number of fused-ring (bicyclic) bond motifs is 6. The van der Waals surface area contributed by atoms with E-state index < -0.39 is 0 Å². The number of pyridine rings is 1. The second kappa shape index (κ2) is 3.51. The van der Waals surface area contributed by atoms with Crippen LogP contribution in [0.15, 0.2) is 22.8 Å². The highest BCUT2D eigenvalue weighted by Gasteiger charge is 2.65. The molecule has 5 heteroatoms. The van der Waals surface area contributed by atoms with Crippen molar-refractivity contribution >= 4 is 27.5 Å². The van der Waals surface area contributed by atoms with Crippen LogP contribution in [0.1, 0.15) is 19.3 Å². The van der Waals surface area contributed by atoms with E-state index in [1.807, 2.05) is 22.8 Å². The Morgan fingerprint density at radius 2 is 2.00 bits per heavy atom. The Labute approximate surface area is 119 Å². The Bertz CT molecular complexity index is 651. The molecule has 4 unspecified atom stereocenters. The number of nitrogens with zero attached hydrogens (tertiary/aromatic N) is 3. The highest BCUT2D eigenvalue weighted by molar-refractivity contribution is 9.10. The third-order valence-electron chi connectivity index (χ3n) is 5.33. The van der Waals surface area contributed by atoms with Crippen molar-refractivity contribution in [3.8, 4) is 0 Å². The summed E-state index contributed by atoms with van der Waals surface area (Å²) in [6.07, 6.45) is 6.34. The molecule has 0 radical (unpaired) electrons. The van der Waals surface area contributed by atoms with Gasteiger partial charge in [-0.25, -0.2) is 4.52 Å². The molecule has 1 N–H and O–H groups in total. The molecule has 0 spiro atoms. The molecule has 2 bridgehead atoms. The molecule has 5 rings (SSSR count). The second-order valence-electron chi connectivity index (χ2n) is 6.24. The van der Waals surface area contributed by atoms with Crippen LogP contribution in [0.4, 0.5) is 5.95 Å². The van der Waals surface area contributed by atoms with E-state index in [0.717, 1.165) is 39.7 Å². The zero-order valence-corrected chi connectivity index (χ0v) is 12.0. The summed E-state index contributed by atoms with van der Waals surface area (Å²) in [4.78, 5) is 4.55. The maximum atomic E-state index is 4.55. The van der Waals surface area contributed by atoms with Crippen molar-refractivity contribution in [1.29, 1.82) is 0 Å². The molecule has 3 aliphatic carbocycles. The average molecular weight is 319 g/mol. The molecule has 0 amide bonds. The molecular formula is C14H15BrN4. The third-order valence-corrected chi connectivity index (χ3v) is 5.80. The summed E-state index contributed by atoms with van der Waals surface area (Å²) in [5.74, 6) is 4.59. The van der Waals surface area contributed by atoms with Crippen molar-refractivity contribution in [1.82, 2.24) is 14.6 Å². The van der Waals surface area contributed by atoms with Crippen LogP contribution in [0.2, 0.25) is 0 Å². The van der Waals surface area contributed by atoms with Crippen LogP contribution >= 0.6 is 15.9 Å². The first-order valence-corrected chi connectivity index (χ1v) is 7.87. The Balaban J connectivity index is 1.41. The van der Waals surface area contributed by atoms with Gasteiger partial charge in [0.1, 0.15) is 0 Å². The van der Waals surface area contributed by atoms with Crippen LogP contribution in [0, 0.1) is 23.7 Å². The summed E-state index contributed by atoms with van der Waals surface area (Å²) < 4.78 is 2.86.